The van der Waals surface area contributed by atoms with Crippen molar-refractivity contribution in [1.29, 1.82) is 0 Å². The van der Waals surface area contributed by atoms with E-state index in [1.165, 1.54) is 37.1 Å². The molecule has 0 bridgehead atoms. The van der Waals surface area contributed by atoms with Gasteiger partial charge in [-0.2, -0.15) is 4.99 Å². The van der Waals surface area contributed by atoms with Gasteiger partial charge in [-0.3, -0.25) is 0 Å². The summed E-state index contributed by atoms with van der Waals surface area (Å²) in [5, 5.41) is 0.778. The van der Waals surface area contributed by atoms with Gasteiger partial charge in [0.25, 0.3) is 0 Å². The largest absolute Gasteiger partial charge is 0.247 e. The van der Waals surface area contributed by atoms with Gasteiger partial charge in [-0.25, -0.2) is 4.48 Å². The molecule has 1 aliphatic heterocycles. The molecule has 0 saturated heterocycles. The van der Waals surface area contributed by atoms with Crippen LogP contribution in [0.3, 0.4) is 0 Å². The molecule has 0 spiro atoms. The Kier molecular flexibility index (Phi) is 5.38. The number of amidine groups is 1. The number of halogens is 1. The highest BCUT2D eigenvalue weighted by molar-refractivity contribution is 6.30. The van der Waals surface area contributed by atoms with Crippen molar-refractivity contribution < 1.29 is 4.48 Å². The molecule has 2 rings (SSSR count). The summed E-state index contributed by atoms with van der Waals surface area (Å²) >= 11 is 6.00. The zero-order valence-electron chi connectivity index (χ0n) is 12.5. The van der Waals surface area contributed by atoms with Crippen molar-refractivity contribution in [2.75, 3.05) is 13.1 Å². The summed E-state index contributed by atoms with van der Waals surface area (Å²) in [6, 6.07) is 8.07. The van der Waals surface area contributed by atoms with Crippen LogP contribution >= 0.6 is 11.6 Å². The van der Waals surface area contributed by atoms with Gasteiger partial charge in [0.05, 0.1) is 24.9 Å². The third-order valence-corrected chi connectivity index (χ3v) is 4.15. The lowest BCUT2D eigenvalue weighted by Crippen LogP contribution is -2.48. The Bertz CT molecular complexity index is 480. The molecule has 0 saturated carbocycles. The van der Waals surface area contributed by atoms with Gasteiger partial charge < -0.3 is 0 Å². The first kappa shape index (κ1) is 15.3. The summed E-state index contributed by atoms with van der Waals surface area (Å²) in [6.07, 6.45) is 9.10. The molecule has 0 amide bonds. The minimum Gasteiger partial charge on any atom is -0.247 e. The van der Waals surface area contributed by atoms with Crippen LogP contribution in [0.4, 0.5) is 0 Å². The number of nitrogens with zero attached hydrogens (tertiary/aromatic N) is 2. The van der Waals surface area contributed by atoms with E-state index in [0.717, 1.165) is 22.6 Å². The minimum atomic E-state index is 0.778. The van der Waals surface area contributed by atoms with E-state index in [0.29, 0.717) is 0 Å². The SMILES string of the molecule is CCCC[N+]1(CCCC)C=CN=C1c1ccc(Cl)cc1. The van der Waals surface area contributed by atoms with E-state index in [2.05, 4.69) is 37.2 Å². The Morgan fingerprint density at radius 3 is 2.15 bits per heavy atom. The predicted octanol–water partition coefficient (Wildman–Crippen LogP) is 4.99. The van der Waals surface area contributed by atoms with E-state index in [-0.39, 0.29) is 0 Å². The third kappa shape index (κ3) is 3.31. The van der Waals surface area contributed by atoms with Crippen molar-refractivity contribution in [2.45, 2.75) is 39.5 Å². The van der Waals surface area contributed by atoms with Crippen molar-refractivity contribution in [3.63, 3.8) is 0 Å². The van der Waals surface area contributed by atoms with Crippen LogP contribution in [-0.2, 0) is 0 Å². The second-order valence-electron chi connectivity index (χ2n) is 5.45. The lowest BCUT2D eigenvalue weighted by Gasteiger charge is -2.32. The molecule has 0 unspecified atom stereocenters. The maximum atomic E-state index is 6.00. The van der Waals surface area contributed by atoms with E-state index in [4.69, 9.17) is 11.6 Å². The Balaban J connectivity index is 2.27. The van der Waals surface area contributed by atoms with Gasteiger partial charge in [-0.1, -0.05) is 38.3 Å². The second kappa shape index (κ2) is 7.05. The summed E-state index contributed by atoms with van der Waals surface area (Å²) in [6.45, 7) is 6.76. The molecular formula is C17H24ClN2+. The van der Waals surface area contributed by atoms with Crippen LogP contribution in [0.25, 0.3) is 0 Å². The number of hydrogen-bond donors (Lipinski definition) is 0. The Labute approximate surface area is 127 Å². The third-order valence-electron chi connectivity index (χ3n) is 3.89. The molecule has 1 aliphatic rings. The van der Waals surface area contributed by atoms with Gasteiger partial charge in [0.2, 0.25) is 5.84 Å². The second-order valence-corrected chi connectivity index (χ2v) is 5.88. The van der Waals surface area contributed by atoms with Crippen LogP contribution in [0.15, 0.2) is 41.7 Å². The summed E-state index contributed by atoms with van der Waals surface area (Å²) < 4.78 is 0.892. The number of quaternary nitrogens is 1. The van der Waals surface area contributed by atoms with Gasteiger partial charge in [-0.05, 0) is 37.1 Å². The fourth-order valence-electron chi connectivity index (χ4n) is 2.70. The predicted molar refractivity (Wildman–Crippen MR) is 86.9 cm³/mol. The molecule has 1 aromatic rings. The maximum absolute atomic E-state index is 6.00. The Morgan fingerprint density at radius 1 is 1.00 bits per heavy atom. The van der Waals surface area contributed by atoms with E-state index in [1.54, 1.807) is 0 Å². The number of aliphatic imine (C=N–C) groups is 1. The van der Waals surface area contributed by atoms with E-state index in [9.17, 15) is 0 Å². The van der Waals surface area contributed by atoms with E-state index in [1.807, 2.05) is 18.3 Å². The molecular weight excluding hydrogens is 268 g/mol. The molecule has 0 aromatic heterocycles. The first-order chi connectivity index (χ1) is 9.72. The van der Waals surface area contributed by atoms with E-state index >= 15 is 0 Å². The zero-order valence-corrected chi connectivity index (χ0v) is 13.2. The number of rotatable bonds is 7. The molecule has 2 nitrogen and oxygen atoms in total. The molecule has 1 aromatic carbocycles. The Hall–Kier alpha value is -1.12. The van der Waals surface area contributed by atoms with Crippen LogP contribution in [0.1, 0.15) is 45.1 Å². The van der Waals surface area contributed by atoms with Gasteiger partial charge >= 0.3 is 0 Å². The number of unbranched alkanes of at least 4 members (excludes halogenated alkanes) is 2. The molecule has 20 heavy (non-hydrogen) atoms. The van der Waals surface area contributed by atoms with Gasteiger partial charge in [0.1, 0.15) is 6.20 Å². The standard InChI is InChI=1S/C17H24ClN2/c1-3-5-12-20(13-6-4-2)14-11-19-17(20)15-7-9-16(18)10-8-15/h7-11,14H,3-6,12-13H2,1-2H3/q+1. The molecule has 0 N–H and O–H groups in total. The zero-order chi connectivity index (χ0) is 14.4. The van der Waals surface area contributed by atoms with Crippen molar-refractivity contribution in [3.05, 3.63) is 47.3 Å². The topological polar surface area (TPSA) is 12.4 Å². The fourth-order valence-corrected chi connectivity index (χ4v) is 2.83. The molecule has 0 atom stereocenters. The van der Waals surface area contributed by atoms with Gasteiger partial charge in [0.15, 0.2) is 0 Å². The van der Waals surface area contributed by atoms with Crippen molar-refractivity contribution >= 4 is 17.4 Å². The van der Waals surface area contributed by atoms with Crippen molar-refractivity contribution in [2.24, 2.45) is 4.99 Å². The van der Waals surface area contributed by atoms with Crippen LogP contribution < -0.4 is 0 Å². The average molecular weight is 292 g/mol. The summed E-state index contributed by atoms with van der Waals surface area (Å²) in [4.78, 5) is 4.66. The molecule has 3 heteroatoms. The first-order valence-corrected chi connectivity index (χ1v) is 7.98. The highest BCUT2D eigenvalue weighted by Gasteiger charge is 2.35. The molecule has 108 valence electrons. The minimum absolute atomic E-state index is 0.778. The van der Waals surface area contributed by atoms with Gasteiger partial charge in [-0.15, -0.1) is 0 Å². The van der Waals surface area contributed by atoms with Crippen LogP contribution in [-0.4, -0.2) is 23.4 Å². The van der Waals surface area contributed by atoms with Crippen molar-refractivity contribution in [3.8, 4) is 0 Å². The molecule has 0 radical (unpaired) electrons. The highest BCUT2D eigenvalue weighted by Crippen LogP contribution is 2.25. The number of hydrogen-bond acceptors (Lipinski definition) is 1. The first-order valence-electron chi connectivity index (χ1n) is 7.60. The maximum Gasteiger partial charge on any atom is 0.239 e. The molecule has 0 fully saturated rings. The summed E-state index contributed by atoms with van der Waals surface area (Å²) in [5.74, 6) is 1.17. The molecule has 0 aliphatic carbocycles. The molecule has 1 heterocycles. The van der Waals surface area contributed by atoms with Crippen LogP contribution in [0.5, 0.6) is 0 Å². The monoisotopic (exact) mass is 291 g/mol. The fraction of sp³-hybridized carbons (Fsp3) is 0.471. The van der Waals surface area contributed by atoms with Crippen LogP contribution in [0, 0.1) is 0 Å². The quantitative estimate of drug-likeness (QED) is 0.628. The summed E-state index contributed by atoms with van der Waals surface area (Å²) in [7, 11) is 0. The number of benzene rings is 1. The Morgan fingerprint density at radius 2 is 1.60 bits per heavy atom. The smallest absolute Gasteiger partial charge is 0.239 e. The highest BCUT2D eigenvalue weighted by atomic mass is 35.5. The average Bonchev–Trinajstić information content (AvgIpc) is 2.88. The lowest BCUT2D eigenvalue weighted by molar-refractivity contribution is -0.786. The normalized spacial score (nSPS) is 16.4. The van der Waals surface area contributed by atoms with Crippen molar-refractivity contribution in [1.82, 2.24) is 0 Å². The summed E-state index contributed by atoms with van der Waals surface area (Å²) in [5.41, 5.74) is 1.19. The lowest BCUT2D eigenvalue weighted by atomic mass is 10.1. The van der Waals surface area contributed by atoms with Gasteiger partial charge in [0, 0.05) is 5.02 Å². The van der Waals surface area contributed by atoms with Crippen LogP contribution in [0.2, 0.25) is 5.02 Å². The van der Waals surface area contributed by atoms with E-state index < -0.39 is 0 Å².